The highest BCUT2D eigenvalue weighted by Crippen LogP contribution is 2.72. The molecule has 4 unspecified atom stereocenters. The normalized spacial score (nSPS) is 37.3. The second-order valence-electron chi connectivity index (χ2n) is 7.51. The summed E-state index contributed by atoms with van der Waals surface area (Å²) in [6, 6.07) is 11.6. The van der Waals surface area contributed by atoms with Gasteiger partial charge in [0.2, 0.25) is 0 Å². The molecule has 4 rings (SSSR count). The van der Waals surface area contributed by atoms with Gasteiger partial charge in [-0.2, -0.15) is 0 Å². The van der Waals surface area contributed by atoms with Crippen molar-refractivity contribution in [2.45, 2.75) is 81.2 Å². The maximum atomic E-state index is 2.43. The first-order chi connectivity index (χ1) is 10.4. The Morgan fingerprint density at radius 3 is 2.29 bits per heavy atom. The molecule has 0 spiro atoms. The lowest BCUT2D eigenvalue weighted by molar-refractivity contribution is 0.366. The van der Waals surface area contributed by atoms with Gasteiger partial charge in [0.15, 0.2) is 0 Å². The van der Waals surface area contributed by atoms with Crippen molar-refractivity contribution in [2.24, 2.45) is 5.92 Å². The van der Waals surface area contributed by atoms with E-state index < -0.39 is 0 Å². The molecule has 0 N–H and O–H groups in total. The average Bonchev–Trinajstić information content (AvgIpc) is 2.96. The van der Waals surface area contributed by atoms with Crippen molar-refractivity contribution in [2.75, 3.05) is 0 Å². The van der Waals surface area contributed by atoms with Gasteiger partial charge in [-0.3, -0.25) is 0 Å². The summed E-state index contributed by atoms with van der Waals surface area (Å²) in [5.41, 5.74) is 4.86. The van der Waals surface area contributed by atoms with Crippen LogP contribution < -0.4 is 0 Å². The molecule has 0 amide bonds. The topological polar surface area (TPSA) is 0 Å². The monoisotopic (exact) mass is 300 g/mol. The van der Waals surface area contributed by atoms with E-state index in [1.807, 2.05) is 0 Å². The molecule has 1 saturated heterocycles. The zero-order chi connectivity index (χ0) is 14.1. The summed E-state index contributed by atoms with van der Waals surface area (Å²) in [4.78, 5) is 0. The summed E-state index contributed by atoms with van der Waals surface area (Å²) < 4.78 is 0. The van der Waals surface area contributed by atoms with Crippen LogP contribution in [0.2, 0.25) is 0 Å². The predicted molar refractivity (Wildman–Crippen MR) is 93.3 cm³/mol. The van der Waals surface area contributed by atoms with Crippen molar-refractivity contribution in [1.82, 2.24) is 0 Å². The zero-order valence-electron chi connectivity index (χ0n) is 13.2. The fourth-order valence-corrected chi connectivity index (χ4v) is 10.1. The molecule has 0 aromatic heterocycles. The van der Waals surface area contributed by atoms with Crippen molar-refractivity contribution >= 4 is 7.92 Å². The van der Waals surface area contributed by atoms with Crippen LogP contribution in [0.4, 0.5) is 0 Å². The maximum absolute atomic E-state index is 2.43. The molecular formula is C20H29P. The van der Waals surface area contributed by atoms with E-state index in [4.69, 9.17) is 0 Å². The maximum Gasteiger partial charge on any atom is 0.00497 e. The lowest BCUT2D eigenvalue weighted by Gasteiger charge is -2.38. The number of fused-ring (bicyclic) bond motifs is 1. The Hall–Kier alpha value is -0.350. The highest BCUT2D eigenvalue weighted by molar-refractivity contribution is 7.60. The van der Waals surface area contributed by atoms with E-state index in [1.165, 1.54) is 38.5 Å². The molecule has 1 aromatic carbocycles. The van der Waals surface area contributed by atoms with Gasteiger partial charge in [0.05, 0.1) is 0 Å². The van der Waals surface area contributed by atoms with Gasteiger partial charge in [0, 0.05) is 5.66 Å². The molecule has 2 saturated carbocycles. The Kier molecular flexibility index (Phi) is 4.35. The number of hydrogen-bond acceptors (Lipinski definition) is 0. The summed E-state index contributed by atoms with van der Waals surface area (Å²) in [6.07, 6.45) is 15.3. The zero-order valence-corrected chi connectivity index (χ0v) is 14.1. The average molecular weight is 300 g/mol. The first-order valence-electron chi connectivity index (χ1n) is 9.26. The molecule has 3 aliphatic rings. The fourth-order valence-electron chi connectivity index (χ4n) is 5.38. The summed E-state index contributed by atoms with van der Waals surface area (Å²) in [7, 11) is 0.240. The molecule has 1 heteroatoms. The molecule has 3 fully saturated rings. The van der Waals surface area contributed by atoms with Gasteiger partial charge in [-0.1, -0.05) is 70.4 Å². The Balaban J connectivity index is 1.63. The summed E-state index contributed by atoms with van der Waals surface area (Å²) in [5.74, 6) is 1.08. The van der Waals surface area contributed by atoms with E-state index in [2.05, 4.69) is 30.3 Å². The molecule has 0 radical (unpaired) electrons. The largest absolute Gasteiger partial charge is 0.0924 e. The minimum atomic E-state index is 0.240. The van der Waals surface area contributed by atoms with E-state index in [9.17, 15) is 0 Å². The van der Waals surface area contributed by atoms with Crippen LogP contribution in [0.5, 0.6) is 0 Å². The smallest absolute Gasteiger partial charge is 0.00497 e. The van der Waals surface area contributed by atoms with E-state index in [0.29, 0.717) is 0 Å². The van der Waals surface area contributed by atoms with Gasteiger partial charge in [-0.05, 0) is 54.9 Å². The third-order valence-electron chi connectivity index (χ3n) is 6.32. The van der Waals surface area contributed by atoms with E-state index in [-0.39, 0.29) is 7.92 Å². The highest BCUT2D eigenvalue weighted by Gasteiger charge is 2.46. The summed E-state index contributed by atoms with van der Waals surface area (Å²) in [6.45, 7) is 0. The van der Waals surface area contributed by atoms with Crippen LogP contribution in [0, 0.1) is 5.92 Å². The summed E-state index contributed by atoms with van der Waals surface area (Å²) >= 11 is 0. The van der Waals surface area contributed by atoms with Gasteiger partial charge in [-0.25, -0.2) is 0 Å². The van der Waals surface area contributed by atoms with Crippen LogP contribution in [0.15, 0.2) is 30.3 Å². The van der Waals surface area contributed by atoms with Gasteiger partial charge in [0.1, 0.15) is 0 Å². The van der Waals surface area contributed by atoms with Crippen LogP contribution in [0.1, 0.15) is 75.4 Å². The van der Waals surface area contributed by atoms with Gasteiger partial charge in [-0.15, -0.1) is 0 Å². The van der Waals surface area contributed by atoms with Gasteiger partial charge >= 0.3 is 0 Å². The molecule has 114 valence electrons. The Bertz CT molecular complexity index is 448. The molecule has 1 aliphatic heterocycles. The second-order valence-corrected chi connectivity index (χ2v) is 10.4. The van der Waals surface area contributed by atoms with Gasteiger partial charge in [0.25, 0.3) is 0 Å². The third kappa shape index (κ3) is 2.81. The predicted octanol–water partition coefficient (Wildman–Crippen LogP) is 6.50. The van der Waals surface area contributed by atoms with Crippen molar-refractivity contribution < 1.29 is 0 Å². The van der Waals surface area contributed by atoms with E-state index in [0.717, 1.165) is 22.9 Å². The molecular weight excluding hydrogens is 271 g/mol. The lowest BCUT2D eigenvalue weighted by Crippen LogP contribution is -2.22. The van der Waals surface area contributed by atoms with Crippen molar-refractivity contribution in [3.63, 3.8) is 0 Å². The number of rotatable bonds is 2. The van der Waals surface area contributed by atoms with Crippen LogP contribution in [-0.4, -0.2) is 11.3 Å². The van der Waals surface area contributed by atoms with Crippen LogP contribution >= 0.6 is 7.92 Å². The van der Waals surface area contributed by atoms with E-state index in [1.54, 1.807) is 31.2 Å². The molecule has 2 aliphatic carbocycles. The Labute approximate surface area is 131 Å². The van der Waals surface area contributed by atoms with Crippen molar-refractivity contribution in [3.8, 4) is 0 Å². The van der Waals surface area contributed by atoms with Crippen LogP contribution in [0.3, 0.4) is 0 Å². The second kappa shape index (κ2) is 6.41. The van der Waals surface area contributed by atoms with Gasteiger partial charge < -0.3 is 0 Å². The molecule has 4 atom stereocenters. The fraction of sp³-hybridized carbons (Fsp3) is 0.700. The molecule has 1 aromatic rings. The summed E-state index contributed by atoms with van der Waals surface area (Å²) in [5, 5.41) is 0. The SMILES string of the molecule is c1ccc(C2CC3CCCCC3P2C2CCCCC2)cc1. The van der Waals surface area contributed by atoms with Crippen LogP contribution in [0.25, 0.3) is 0 Å². The Morgan fingerprint density at radius 1 is 0.762 bits per heavy atom. The Morgan fingerprint density at radius 2 is 1.48 bits per heavy atom. The number of benzene rings is 1. The standard InChI is InChI=1S/C20H29P/c1-3-9-16(10-4-1)20-15-17-11-7-8-14-19(17)21(20)18-12-5-2-6-13-18/h1,3-4,9-10,17-20H,2,5-8,11-15H2. The highest BCUT2D eigenvalue weighted by atomic mass is 31.1. The molecule has 0 nitrogen and oxygen atoms in total. The minimum Gasteiger partial charge on any atom is -0.0924 e. The number of hydrogen-bond donors (Lipinski definition) is 0. The first-order valence-corrected chi connectivity index (χ1v) is 10.8. The minimum absolute atomic E-state index is 0.240. The molecule has 21 heavy (non-hydrogen) atoms. The molecule has 0 bridgehead atoms. The van der Waals surface area contributed by atoms with Crippen molar-refractivity contribution in [1.29, 1.82) is 0 Å². The van der Waals surface area contributed by atoms with E-state index >= 15 is 0 Å². The van der Waals surface area contributed by atoms with Crippen molar-refractivity contribution in [3.05, 3.63) is 35.9 Å². The van der Waals surface area contributed by atoms with Crippen LogP contribution in [-0.2, 0) is 0 Å². The first kappa shape index (κ1) is 14.3. The third-order valence-corrected chi connectivity index (χ3v) is 10.4. The molecule has 1 heterocycles. The quantitative estimate of drug-likeness (QED) is 0.546. The lowest BCUT2D eigenvalue weighted by atomic mass is 9.85.